The summed E-state index contributed by atoms with van der Waals surface area (Å²) in [6, 6.07) is 4.46. The number of hydrogen-bond donors (Lipinski definition) is 2. The van der Waals surface area contributed by atoms with E-state index in [1.165, 1.54) is 12.1 Å². The van der Waals surface area contributed by atoms with Gasteiger partial charge in [0.1, 0.15) is 0 Å². The summed E-state index contributed by atoms with van der Waals surface area (Å²) in [4.78, 5) is 21.6. The highest BCUT2D eigenvalue weighted by molar-refractivity contribution is 5.79. The van der Waals surface area contributed by atoms with E-state index in [0.29, 0.717) is 0 Å². The Kier molecular flexibility index (Phi) is 4.91. The molecule has 0 aromatic heterocycles. The molecule has 0 fully saturated rings. The average molecular weight is 275 g/mol. The minimum Gasteiger partial charge on any atom is -0.481 e. The molecule has 0 saturated carbocycles. The maximum Gasteiger partial charge on any atom is 0.416 e. The molecule has 2 N–H and O–H groups in total. The SMILES string of the molecule is O=C(O)CCNC(=O)Cc1cccc(C(F)(F)F)c1. The highest BCUT2D eigenvalue weighted by Crippen LogP contribution is 2.29. The molecule has 1 aromatic rings. The Morgan fingerprint density at radius 1 is 1.26 bits per heavy atom. The number of rotatable bonds is 5. The Morgan fingerprint density at radius 2 is 1.95 bits per heavy atom. The fraction of sp³-hybridized carbons (Fsp3) is 0.333. The molecule has 1 aromatic carbocycles. The molecule has 1 amide bonds. The molecular weight excluding hydrogens is 263 g/mol. The molecule has 1 rings (SSSR count). The number of carboxylic acid groups (broad SMARTS) is 1. The summed E-state index contributed by atoms with van der Waals surface area (Å²) in [5.74, 6) is -1.57. The first-order valence-electron chi connectivity index (χ1n) is 5.43. The van der Waals surface area contributed by atoms with Crippen molar-refractivity contribution in [2.24, 2.45) is 0 Å². The molecule has 0 saturated heterocycles. The Morgan fingerprint density at radius 3 is 2.53 bits per heavy atom. The number of amides is 1. The van der Waals surface area contributed by atoms with Gasteiger partial charge < -0.3 is 10.4 Å². The quantitative estimate of drug-likeness (QED) is 0.861. The maximum atomic E-state index is 12.4. The molecule has 0 radical (unpaired) electrons. The van der Waals surface area contributed by atoms with E-state index in [0.717, 1.165) is 12.1 Å². The van der Waals surface area contributed by atoms with E-state index >= 15 is 0 Å². The van der Waals surface area contributed by atoms with E-state index < -0.39 is 23.6 Å². The van der Waals surface area contributed by atoms with Gasteiger partial charge in [-0.15, -0.1) is 0 Å². The lowest BCUT2D eigenvalue weighted by Crippen LogP contribution is -2.27. The van der Waals surface area contributed by atoms with E-state index in [1.807, 2.05) is 0 Å². The van der Waals surface area contributed by atoms with Crippen molar-refractivity contribution in [3.05, 3.63) is 35.4 Å². The number of nitrogens with one attached hydrogen (secondary N) is 1. The summed E-state index contributed by atoms with van der Waals surface area (Å²) in [5, 5.41) is 10.7. The Balaban J connectivity index is 2.57. The molecule has 0 aliphatic heterocycles. The molecule has 0 aliphatic rings. The average Bonchev–Trinajstić information content (AvgIpc) is 2.27. The Bertz CT molecular complexity index is 472. The number of halogens is 3. The number of alkyl halides is 3. The molecule has 104 valence electrons. The van der Waals surface area contributed by atoms with Gasteiger partial charge in [0, 0.05) is 6.54 Å². The zero-order valence-electron chi connectivity index (χ0n) is 9.83. The predicted octanol–water partition coefficient (Wildman–Crippen LogP) is 1.84. The maximum absolute atomic E-state index is 12.4. The standard InChI is InChI=1S/C12H12F3NO3/c13-12(14,15)9-3-1-2-8(6-9)7-10(17)16-5-4-11(18)19/h1-3,6H,4-5,7H2,(H,16,17)(H,18,19). The van der Waals surface area contributed by atoms with Gasteiger partial charge in [-0.2, -0.15) is 13.2 Å². The number of aliphatic carboxylic acids is 1. The van der Waals surface area contributed by atoms with Gasteiger partial charge in [0.2, 0.25) is 5.91 Å². The van der Waals surface area contributed by atoms with Crippen LogP contribution >= 0.6 is 0 Å². The van der Waals surface area contributed by atoms with Crippen molar-refractivity contribution < 1.29 is 27.9 Å². The lowest BCUT2D eigenvalue weighted by Gasteiger charge is -2.08. The van der Waals surface area contributed by atoms with Crippen LogP contribution in [0.3, 0.4) is 0 Å². The van der Waals surface area contributed by atoms with Gasteiger partial charge in [0.25, 0.3) is 0 Å². The molecule has 0 bridgehead atoms. The first-order valence-corrected chi connectivity index (χ1v) is 5.43. The monoisotopic (exact) mass is 275 g/mol. The fourth-order valence-corrected chi connectivity index (χ4v) is 1.41. The Labute approximate surface area is 107 Å². The van der Waals surface area contributed by atoms with Crippen LogP contribution in [0.1, 0.15) is 17.5 Å². The van der Waals surface area contributed by atoms with Crippen LogP contribution < -0.4 is 5.32 Å². The second-order valence-corrected chi connectivity index (χ2v) is 3.87. The Hall–Kier alpha value is -2.05. The number of carboxylic acids is 1. The summed E-state index contributed by atoms with van der Waals surface area (Å²) in [6.45, 7) is -0.0485. The van der Waals surface area contributed by atoms with Gasteiger partial charge in [0.15, 0.2) is 0 Å². The van der Waals surface area contributed by atoms with Gasteiger partial charge in [0.05, 0.1) is 18.4 Å². The minimum atomic E-state index is -4.45. The van der Waals surface area contributed by atoms with Crippen molar-refractivity contribution in [1.29, 1.82) is 0 Å². The summed E-state index contributed by atoms with van der Waals surface area (Å²) in [5.41, 5.74) is -0.592. The third-order valence-corrected chi connectivity index (χ3v) is 2.28. The van der Waals surface area contributed by atoms with Crippen LogP contribution in [-0.2, 0) is 22.2 Å². The molecule has 0 spiro atoms. The minimum absolute atomic E-state index is 0.0485. The van der Waals surface area contributed by atoms with Gasteiger partial charge in [-0.05, 0) is 11.6 Å². The van der Waals surface area contributed by atoms with Crippen LogP contribution in [-0.4, -0.2) is 23.5 Å². The lowest BCUT2D eigenvalue weighted by molar-refractivity contribution is -0.138. The first kappa shape index (κ1) is 15.0. The summed E-state index contributed by atoms with van der Waals surface area (Å²) in [7, 11) is 0. The number of carbonyl (C=O) groups excluding carboxylic acids is 1. The van der Waals surface area contributed by atoms with Crippen LogP contribution in [0.15, 0.2) is 24.3 Å². The fourth-order valence-electron chi connectivity index (χ4n) is 1.41. The van der Waals surface area contributed by atoms with E-state index in [4.69, 9.17) is 5.11 Å². The van der Waals surface area contributed by atoms with Crippen molar-refractivity contribution in [1.82, 2.24) is 5.32 Å². The van der Waals surface area contributed by atoms with Crippen molar-refractivity contribution >= 4 is 11.9 Å². The highest BCUT2D eigenvalue weighted by atomic mass is 19.4. The van der Waals surface area contributed by atoms with Gasteiger partial charge in [-0.25, -0.2) is 0 Å². The van der Waals surface area contributed by atoms with Crippen molar-refractivity contribution in [3.8, 4) is 0 Å². The van der Waals surface area contributed by atoms with Crippen molar-refractivity contribution in [2.45, 2.75) is 19.0 Å². The third kappa shape index (κ3) is 5.41. The normalized spacial score (nSPS) is 11.1. The number of hydrogen-bond acceptors (Lipinski definition) is 2. The van der Waals surface area contributed by atoms with E-state index in [9.17, 15) is 22.8 Å². The molecule has 7 heteroatoms. The zero-order valence-corrected chi connectivity index (χ0v) is 9.83. The lowest BCUT2D eigenvalue weighted by atomic mass is 10.1. The largest absolute Gasteiger partial charge is 0.481 e. The highest BCUT2D eigenvalue weighted by Gasteiger charge is 2.30. The van der Waals surface area contributed by atoms with Crippen molar-refractivity contribution in [2.75, 3.05) is 6.54 Å². The molecule has 0 unspecified atom stereocenters. The molecule has 0 aliphatic carbocycles. The van der Waals surface area contributed by atoms with E-state index in [1.54, 1.807) is 0 Å². The first-order chi connectivity index (χ1) is 8.79. The van der Waals surface area contributed by atoms with Crippen LogP contribution in [0.4, 0.5) is 13.2 Å². The molecule has 0 atom stereocenters. The topological polar surface area (TPSA) is 66.4 Å². The number of benzene rings is 1. The van der Waals surface area contributed by atoms with Gasteiger partial charge in [-0.3, -0.25) is 9.59 Å². The summed E-state index contributed by atoms with van der Waals surface area (Å²) >= 11 is 0. The second-order valence-electron chi connectivity index (χ2n) is 3.87. The molecule has 0 heterocycles. The second kappa shape index (κ2) is 6.21. The number of carbonyl (C=O) groups is 2. The molecular formula is C12H12F3NO3. The van der Waals surface area contributed by atoms with Gasteiger partial charge in [-0.1, -0.05) is 18.2 Å². The third-order valence-electron chi connectivity index (χ3n) is 2.28. The van der Waals surface area contributed by atoms with Crippen LogP contribution in [0.25, 0.3) is 0 Å². The summed E-state index contributed by atoms with van der Waals surface area (Å²) < 4.78 is 37.3. The molecule has 4 nitrogen and oxygen atoms in total. The predicted molar refractivity (Wildman–Crippen MR) is 60.4 cm³/mol. The zero-order chi connectivity index (χ0) is 14.5. The van der Waals surface area contributed by atoms with E-state index in [2.05, 4.69) is 5.32 Å². The van der Waals surface area contributed by atoms with Crippen LogP contribution in [0.5, 0.6) is 0 Å². The summed E-state index contributed by atoms with van der Waals surface area (Å²) in [6.07, 6.45) is -4.90. The molecule has 19 heavy (non-hydrogen) atoms. The van der Waals surface area contributed by atoms with E-state index in [-0.39, 0.29) is 24.9 Å². The van der Waals surface area contributed by atoms with Crippen LogP contribution in [0, 0.1) is 0 Å². The smallest absolute Gasteiger partial charge is 0.416 e. The van der Waals surface area contributed by atoms with Crippen molar-refractivity contribution in [3.63, 3.8) is 0 Å². The van der Waals surface area contributed by atoms with Gasteiger partial charge >= 0.3 is 12.1 Å². The van der Waals surface area contributed by atoms with Crippen LogP contribution in [0.2, 0.25) is 0 Å².